The molecule has 1 rings (SSSR count). The van der Waals surface area contributed by atoms with Crippen LogP contribution in [-0.4, -0.2) is 32.9 Å². The maximum atomic E-state index is 12.2. The average Bonchev–Trinajstić information content (AvgIpc) is 2.38. The van der Waals surface area contributed by atoms with E-state index >= 15 is 0 Å². The minimum absolute atomic E-state index is 0.123. The van der Waals surface area contributed by atoms with Crippen molar-refractivity contribution in [2.75, 3.05) is 14.2 Å². The number of halogens is 1. The minimum Gasteiger partial charge on any atom is -0.497 e. The van der Waals surface area contributed by atoms with E-state index in [4.69, 9.17) is 9.47 Å². The molecular formula is C12H17BrO4S. The van der Waals surface area contributed by atoms with Crippen molar-refractivity contribution >= 4 is 25.8 Å². The quantitative estimate of drug-likeness (QED) is 0.749. The SMILES string of the molecule is COc1ccc(S(=O)(=O)[C@@H](Br)C[C@@H](C)OC)cc1. The van der Waals surface area contributed by atoms with Crippen LogP contribution in [0.25, 0.3) is 0 Å². The molecule has 0 radical (unpaired) electrons. The van der Waals surface area contributed by atoms with Crippen molar-refractivity contribution in [3.63, 3.8) is 0 Å². The highest BCUT2D eigenvalue weighted by Gasteiger charge is 2.26. The van der Waals surface area contributed by atoms with Gasteiger partial charge in [-0.15, -0.1) is 0 Å². The zero-order valence-electron chi connectivity index (χ0n) is 10.6. The molecule has 0 heterocycles. The van der Waals surface area contributed by atoms with Gasteiger partial charge in [-0.25, -0.2) is 8.42 Å². The zero-order chi connectivity index (χ0) is 13.8. The Morgan fingerprint density at radius 1 is 1.22 bits per heavy atom. The molecule has 1 aromatic carbocycles. The van der Waals surface area contributed by atoms with E-state index in [0.29, 0.717) is 12.2 Å². The Balaban J connectivity index is 2.90. The Morgan fingerprint density at radius 2 is 1.78 bits per heavy atom. The molecule has 6 heteroatoms. The highest BCUT2D eigenvalue weighted by Crippen LogP contribution is 2.26. The molecule has 0 N–H and O–H groups in total. The third kappa shape index (κ3) is 3.70. The van der Waals surface area contributed by atoms with Gasteiger partial charge in [0.25, 0.3) is 0 Å². The van der Waals surface area contributed by atoms with Crippen molar-refractivity contribution in [1.29, 1.82) is 0 Å². The second kappa shape index (κ2) is 6.54. The van der Waals surface area contributed by atoms with Gasteiger partial charge in [-0.05, 0) is 31.2 Å². The lowest BCUT2D eigenvalue weighted by Crippen LogP contribution is -2.21. The molecular weight excluding hydrogens is 320 g/mol. The molecule has 0 unspecified atom stereocenters. The highest BCUT2D eigenvalue weighted by atomic mass is 79.9. The van der Waals surface area contributed by atoms with E-state index in [9.17, 15) is 8.42 Å². The van der Waals surface area contributed by atoms with Crippen LogP contribution >= 0.6 is 15.9 Å². The molecule has 0 amide bonds. The van der Waals surface area contributed by atoms with Crippen molar-refractivity contribution in [1.82, 2.24) is 0 Å². The third-order valence-corrected chi connectivity index (χ3v) is 6.29. The number of rotatable bonds is 6. The molecule has 4 nitrogen and oxygen atoms in total. The Bertz CT molecular complexity index is 469. The number of hydrogen-bond donors (Lipinski definition) is 0. The van der Waals surface area contributed by atoms with Crippen LogP contribution < -0.4 is 4.74 Å². The molecule has 0 saturated heterocycles. The fourth-order valence-electron chi connectivity index (χ4n) is 1.40. The summed E-state index contributed by atoms with van der Waals surface area (Å²) in [6, 6.07) is 6.35. The molecule has 0 spiro atoms. The van der Waals surface area contributed by atoms with Crippen LogP contribution in [0.3, 0.4) is 0 Å². The fourth-order valence-corrected chi connectivity index (χ4v) is 3.91. The molecule has 2 atom stereocenters. The van der Waals surface area contributed by atoms with Gasteiger partial charge >= 0.3 is 0 Å². The maximum Gasteiger partial charge on any atom is 0.191 e. The van der Waals surface area contributed by atoms with Gasteiger partial charge in [0.15, 0.2) is 9.84 Å². The summed E-state index contributed by atoms with van der Waals surface area (Å²) in [5.41, 5.74) is 0. The number of alkyl halides is 1. The number of ether oxygens (including phenoxy) is 2. The molecule has 0 aliphatic rings. The minimum atomic E-state index is -3.39. The van der Waals surface area contributed by atoms with E-state index < -0.39 is 14.0 Å². The van der Waals surface area contributed by atoms with Gasteiger partial charge in [0.05, 0.1) is 18.1 Å². The summed E-state index contributed by atoms with van der Waals surface area (Å²) in [5.74, 6) is 0.630. The topological polar surface area (TPSA) is 52.6 Å². The van der Waals surface area contributed by atoms with Crippen LogP contribution in [0.1, 0.15) is 13.3 Å². The van der Waals surface area contributed by atoms with Crippen LogP contribution in [0, 0.1) is 0 Å². The average molecular weight is 337 g/mol. The first-order chi connectivity index (χ1) is 8.41. The van der Waals surface area contributed by atoms with Gasteiger partial charge in [-0.1, -0.05) is 15.9 Å². The van der Waals surface area contributed by atoms with E-state index in [0.717, 1.165) is 0 Å². The van der Waals surface area contributed by atoms with Gasteiger partial charge in [-0.3, -0.25) is 0 Å². The predicted octanol–water partition coefficient (Wildman–Crippen LogP) is 2.61. The summed E-state index contributed by atoms with van der Waals surface area (Å²) in [6.07, 6.45) is 0.271. The monoisotopic (exact) mass is 336 g/mol. The van der Waals surface area contributed by atoms with Crippen LogP contribution in [0.15, 0.2) is 29.2 Å². The van der Waals surface area contributed by atoms with Crippen molar-refractivity contribution in [2.45, 2.75) is 28.5 Å². The van der Waals surface area contributed by atoms with Crippen LogP contribution in [0.2, 0.25) is 0 Å². The second-order valence-electron chi connectivity index (χ2n) is 3.91. The zero-order valence-corrected chi connectivity index (χ0v) is 13.0. The molecule has 0 aromatic heterocycles. The lowest BCUT2D eigenvalue weighted by Gasteiger charge is -2.15. The Hall–Kier alpha value is -0.590. The van der Waals surface area contributed by atoms with Gasteiger partial charge in [0, 0.05) is 13.5 Å². The van der Waals surface area contributed by atoms with Gasteiger partial charge in [-0.2, -0.15) is 0 Å². The number of methoxy groups -OCH3 is 2. The number of sulfone groups is 1. The first kappa shape index (κ1) is 15.5. The normalized spacial score (nSPS) is 15.1. The van der Waals surface area contributed by atoms with Crippen molar-refractivity contribution in [3.05, 3.63) is 24.3 Å². The van der Waals surface area contributed by atoms with Gasteiger partial charge < -0.3 is 9.47 Å². The summed E-state index contributed by atoms with van der Waals surface area (Å²) < 4.78 is 33.9. The summed E-state index contributed by atoms with van der Waals surface area (Å²) >= 11 is 3.21. The van der Waals surface area contributed by atoms with E-state index in [-0.39, 0.29) is 11.0 Å². The first-order valence-electron chi connectivity index (χ1n) is 5.46. The van der Waals surface area contributed by atoms with Crippen LogP contribution in [0.4, 0.5) is 0 Å². The number of hydrogen-bond acceptors (Lipinski definition) is 4. The van der Waals surface area contributed by atoms with E-state index in [1.54, 1.807) is 31.4 Å². The fraction of sp³-hybridized carbons (Fsp3) is 0.500. The molecule has 0 fully saturated rings. The van der Waals surface area contributed by atoms with E-state index in [2.05, 4.69) is 15.9 Å². The summed E-state index contributed by atoms with van der Waals surface area (Å²) in [6.45, 7) is 1.83. The third-order valence-electron chi connectivity index (χ3n) is 2.64. The van der Waals surface area contributed by atoms with Crippen LogP contribution in [0.5, 0.6) is 5.75 Å². The van der Waals surface area contributed by atoms with Gasteiger partial charge in [0.1, 0.15) is 9.91 Å². The molecule has 18 heavy (non-hydrogen) atoms. The highest BCUT2D eigenvalue weighted by molar-refractivity contribution is 9.11. The molecule has 0 bridgehead atoms. The van der Waals surface area contributed by atoms with Crippen molar-refractivity contribution in [3.8, 4) is 5.75 Å². The molecule has 0 aliphatic heterocycles. The summed E-state index contributed by atoms with van der Waals surface area (Å²) in [5, 5.41) is 0. The maximum absolute atomic E-state index is 12.2. The summed E-state index contributed by atoms with van der Waals surface area (Å²) in [7, 11) is -0.289. The van der Waals surface area contributed by atoms with E-state index in [1.807, 2.05) is 6.92 Å². The van der Waals surface area contributed by atoms with Crippen molar-refractivity contribution in [2.24, 2.45) is 0 Å². The van der Waals surface area contributed by atoms with Crippen molar-refractivity contribution < 1.29 is 17.9 Å². The Labute approximate surface area is 116 Å². The predicted molar refractivity (Wildman–Crippen MR) is 74.0 cm³/mol. The van der Waals surface area contributed by atoms with Crippen LogP contribution in [-0.2, 0) is 14.6 Å². The standard InChI is InChI=1S/C12H17BrO4S/c1-9(16-2)8-12(13)18(14,15)11-6-4-10(17-3)5-7-11/h4-7,9,12H,8H2,1-3H3/t9-,12-/m1/s1. The smallest absolute Gasteiger partial charge is 0.191 e. The van der Waals surface area contributed by atoms with E-state index in [1.165, 1.54) is 7.11 Å². The molecule has 0 saturated carbocycles. The lowest BCUT2D eigenvalue weighted by molar-refractivity contribution is 0.114. The molecule has 1 aromatic rings. The summed E-state index contributed by atoms with van der Waals surface area (Å²) in [4.78, 5) is 0.272. The largest absolute Gasteiger partial charge is 0.497 e. The Kier molecular flexibility index (Phi) is 5.62. The second-order valence-corrected chi connectivity index (χ2v) is 7.75. The lowest BCUT2D eigenvalue weighted by atomic mass is 10.3. The number of benzene rings is 1. The Morgan fingerprint density at radius 3 is 2.22 bits per heavy atom. The molecule has 0 aliphatic carbocycles. The first-order valence-corrected chi connectivity index (χ1v) is 7.92. The molecule has 102 valence electrons. The van der Waals surface area contributed by atoms with Gasteiger partial charge in [0.2, 0.25) is 0 Å².